The van der Waals surface area contributed by atoms with Crippen molar-refractivity contribution in [1.29, 1.82) is 0 Å². The van der Waals surface area contributed by atoms with Crippen molar-refractivity contribution in [2.24, 2.45) is 0 Å². The lowest BCUT2D eigenvalue weighted by Crippen LogP contribution is -2.22. The Morgan fingerprint density at radius 1 is 1.09 bits per heavy atom. The molecule has 2 N–H and O–H groups in total. The van der Waals surface area contributed by atoms with E-state index in [1.165, 1.54) is 24.0 Å². The fourth-order valence-electron chi connectivity index (χ4n) is 2.89. The van der Waals surface area contributed by atoms with Gasteiger partial charge in [-0.15, -0.1) is 0 Å². The lowest BCUT2D eigenvalue weighted by molar-refractivity contribution is -0.114. The standard InChI is InChI=1S/C18H19ClN2O/c19-14-7-4-8-15(11-14)21-18(22)12-20-17-10-3-6-13-5-1-2-9-16(13)17/h3-4,6-8,10-11,20H,1-2,5,9,12H2,(H,21,22). The van der Waals surface area contributed by atoms with E-state index >= 15 is 0 Å². The Kier molecular flexibility index (Phi) is 4.64. The van der Waals surface area contributed by atoms with E-state index in [0.717, 1.165) is 24.2 Å². The summed E-state index contributed by atoms with van der Waals surface area (Å²) in [6, 6.07) is 13.5. The molecule has 0 fully saturated rings. The first kappa shape index (κ1) is 14.9. The number of halogens is 1. The van der Waals surface area contributed by atoms with Gasteiger partial charge in [-0.3, -0.25) is 4.79 Å². The third-order valence-corrected chi connectivity index (χ3v) is 4.18. The van der Waals surface area contributed by atoms with E-state index in [-0.39, 0.29) is 12.5 Å². The molecule has 2 aromatic carbocycles. The molecular formula is C18H19ClN2O. The number of nitrogens with one attached hydrogen (secondary N) is 2. The number of fused-ring (bicyclic) bond motifs is 1. The van der Waals surface area contributed by atoms with Gasteiger partial charge in [0, 0.05) is 16.4 Å². The molecule has 0 heterocycles. The van der Waals surface area contributed by atoms with Crippen molar-refractivity contribution in [3.63, 3.8) is 0 Å². The second-order valence-electron chi connectivity index (χ2n) is 5.56. The molecular weight excluding hydrogens is 296 g/mol. The number of carbonyl (C=O) groups excluding carboxylic acids is 1. The van der Waals surface area contributed by atoms with Crippen LogP contribution in [0.25, 0.3) is 0 Å². The van der Waals surface area contributed by atoms with Gasteiger partial charge in [-0.2, -0.15) is 0 Å². The van der Waals surface area contributed by atoms with Crippen LogP contribution in [0.15, 0.2) is 42.5 Å². The molecule has 0 saturated heterocycles. The molecule has 0 spiro atoms. The SMILES string of the molecule is O=C(CNc1cccc2c1CCCC2)Nc1cccc(Cl)c1. The minimum absolute atomic E-state index is 0.0734. The minimum Gasteiger partial charge on any atom is -0.376 e. The minimum atomic E-state index is -0.0734. The number of anilines is 2. The van der Waals surface area contributed by atoms with Crippen molar-refractivity contribution in [3.05, 3.63) is 58.6 Å². The summed E-state index contributed by atoms with van der Waals surface area (Å²) in [5.74, 6) is -0.0734. The molecule has 0 aliphatic heterocycles. The van der Waals surface area contributed by atoms with Crippen molar-refractivity contribution < 1.29 is 4.79 Å². The van der Waals surface area contributed by atoms with Crippen LogP contribution in [-0.2, 0) is 17.6 Å². The molecule has 0 bridgehead atoms. The molecule has 0 atom stereocenters. The number of hydrogen-bond acceptors (Lipinski definition) is 2. The maximum atomic E-state index is 12.0. The third kappa shape index (κ3) is 3.60. The second-order valence-corrected chi connectivity index (χ2v) is 6.00. The molecule has 0 radical (unpaired) electrons. The van der Waals surface area contributed by atoms with E-state index < -0.39 is 0 Å². The average Bonchev–Trinajstić information content (AvgIpc) is 2.53. The fraction of sp³-hybridized carbons (Fsp3) is 0.278. The van der Waals surface area contributed by atoms with Gasteiger partial charge in [-0.1, -0.05) is 29.8 Å². The molecule has 3 rings (SSSR count). The summed E-state index contributed by atoms with van der Waals surface area (Å²) in [5.41, 5.74) is 4.57. The van der Waals surface area contributed by atoms with Crippen LogP contribution in [0.3, 0.4) is 0 Å². The van der Waals surface area contributed by atoms with E-state index in [9.17, 15) is 4.79 Å². The number of amides is 1. The highest BCUT2D eigenvalue weighted by Crippen LogP contribution is 2.27. The summed E-state index contributed by atoms with van der Waals surface area (Å²) in [6.45, 7) is 0.253. The molecule has 3 nitrogen and oxygen atoms in total. The van der Waals surface area contributed by atoms with Gasteiger partial charge in [-0.25, -0.2) is 0 Å². The van der Waals surface area contributed by atoms with Crippen LogP contribution in [0.1, 0.15) is 24.0 Å². The number of hydrogen-bond donors (Lipinski definition) is 2. The maximum Gasteiger partial charge on any atom is 0.243 e. The Labute approximate surface area is 135 Å². The lowest BCUT2D eigenvalue weighted by atomic mass is 9.90. The molecule has 4 heteroatoms. The zero-order valence-corrected chi connectivity index (χ0v) is 13.1. The summed E-state index contributed by atoms with van der Waals surface area (Å²) in [7, 11) is 0. The predicted molar refractivity (Wildman–Crippen MR) is 91.7 cm³/mol. The molecule has 2 aromatic rings. The predicted octanol–water partition coefficient (Wildman–Crippen LogP) is 4.27. The Balaban J connectivity index is 1.62. The van der Waals surface area contributed by atoms with Gasteiger partial charge in [0.05, 0.1) is 6.54 Å². The topological polar surface area (TPSA) is 41.1 Å². The molecule has 114 valence electrons. The van der Waals surface area contributed by atoms with E-state index in [0.29, 0.717) is 5.02 Å². The molecule has 0 unspecified atom stereocenters. The van der Waals surface area contributed by atoms with E-state index in [1.54, 1.807) is 12.1 Å². The van der Waals surface area contributed by atoms with Crippen molar-refractivity contribution in [3.8, 4) is 0 Å². The molecule has 1 aliphatic carbocycles. The lowest BCUT2D eigenvalue weighted by Gasteiger charge is -2.20. The van der Waals surface area contributed by atoms with Gasteiger partial charge in [0.2, 0.25) is 5.91 Å². The van der Waals surface area contributed by atoms with Crippen molar-refractivity contribution in [2.45, 2.75) is 25.7 Å². The molecule has 1 amide bonds. The van der Waals surface area contributed by atoms with Gasteiger partial charge < -0.3 is 10.6 Å². The molecule has 0 saturated carbocycles. The van der Waals surface area contributed by atoms with Crippen LogP contribution < -0.4 is 10.6 Å². The average molecular weight is 315 g/mol. The van der Waals surface area contributed by atoms with E-state index in [4.69, 9.17) is 11.6 Å². The Hall–Kier alpha value is -2.00. The zero-order chi connectivity index (χ0) is 15.4. The van der Waals surface area contributed by atoms with Gasteiger partial charge in [-0.05, 0) is 61.1 Å². The Bertz CT molecular complexity index is 685. The fourth-order valence-corrected chi connectivity index (χ4v) is 3.08. The number of benzene rings is 2. The van der Waals surface area contributed by atoms with Crippen LogP contribution >= 0.6 is 11.6 Å². The highest BCUT2D eigenvalue weighted by Gasteiger charge is 2.13. The monoisotopic (exact) mass is 314 g/mol. The van der Waals surface area contributed by atoms with Gasteiger partial charge in [0.1, 0.15) is 0 Å². The van der Waals surface area contributed by atoms with Crippen LogP contribution in [-0.4, -0.2) is 12.5 Å². The number of carbonyl (C=O) groups is 1. The summed E-state index contributed by atoms with van der Waals surface area (Å²) >= 11 is 5.91. The molecule has 0 aromatic heterocycles. The first-order valence-corrected chi connectivity index (χ1v) is 8.00. The van der Waals surface area contributed by atoms with Gasteiger partial charge >= 0.3 is 0 Å². The normalized spacial score (nSPS) is 13.3. The summed E-state index contributed by atoms with van der Waals surface area (Å²) < 4.78 is 0. The zero-order valence-electron chi connectivity index (χ0n) is 12.4. The summed E-state index contributed by atoms with van der Waals surface area (Å²) in [5, 5.41) is 6.72. The highest BCUT2D eigenvalue weighted by molar-refractivity contribution is 6.30. The van der Waals surface area contributed by atoms with Crippen molar-refractivity contribution >= 4 is 28.9 Å². The first-order valence-electron chi connectivity index (χ1n) is 7.62. The second kappa shape index (κ2) is 6.84. The summed E-state index contributed by atoms with van der Waals surface area (Å²) in [4.78, 5) is 12.0. The number of rotatable bonds is 4. The first-order chi connectivity index (χ1) is 10.7. The van der Waals surface area contributed by atoms with Crippen LogP contribution in [0.2, 0.25) is 5.02 Å². The maximum absolute atomic E-state index is 12.0. The smallest absolute Gasteiger partial charge is 0.243 e. The van der Waals surface area contributed by atoms with Gasteiger partial charge in [0.25, 0.3) is 0 Å². The quantitative estimate of drug-likeness (QED) is 0.885. The van der Waals surface area contributed by atoms with E-state index in [1.807, 2.05) is 12.1 Å². The number of aryl methyl sites for hydroxylation is 1. The third-order valence-electron chi connectivity index (χ3n) is 3.94. The van der Waals surface area contributed by atoms with Gasteiger partial charge in [0.15, 0.2) is 0 Å². The molecule has 1 aliphatic rings. The van der Waals surface area contributed by atoms with Crippen LogP contribution in [0.4, 0.5) is 11.4 Å². The van der Waals surface area contributed by atoms with Crippen molar-refractivity contribution in [2.75, 3.05) is 17.2 Å². The Morgan fingerprint density at radius 3 is 2.77 bits per heavy atom. The Morgan fingerprint density at radius 2 is 1.91 bits per heavy atom. The van der Waals surface area contributed by atoms with E-state index in [2.05, 4.69) is 28.8 Å². The van der Waals surface area contributed by atoms with Crippen LogP contribution in [0, 0.1) is 0 Å². The highest BCUT2D eigenvalue weighted by atomic mass is 35.5. The molecule has 22 heavy (non-hydrogen) atoms. The summed E-state index contributed by atoms with van der Waals surface area (Å²) in [6.07, 6.45) is 4.71. The van der Waals surface area contributed by atoms with Crippen LogP contribution in [0.5, 0.6) is 0 Å². The largest absolute Gasteiger partial charge is 0.376 e. The van der Waals surface area contributed by atoms with Crippen molar-refractivity contribution in [1.82, 2.24) is 0 Å².